The summed E-state index contributed by atoms with van der Waals surface area (Å²) in [4.78, 5) is 43.0. The summed E-state index contributed by atoms with van der Waals surface area (Å²) in [6, 6.07) is 10.1. The monoisotopic (exact) mass is 468 g/mol. The Bertz CT molecular complexity index is 1000. The lowest BCUT2D eigenvalue weighted by atomic mass is 9.78. The molecule has 34 heavy (non-hydrogen) atoms. The molecular formula is C27H36N2O5. The van der Waals surface area contributed by atoms with Crippen LogP contribution in [-0.2, 0) is 14.3 Å². The van der Waals surface area contributed by atoms with Crippen LogP contribution in [0.15, 0.2) is 30.3 Å². The minimum absolute atomic E-state index is 0.0596. The number of H-pyrrole nitrogens is 1. The molecule has 7 nitrogen and oxygen atoms in total. The van der Waals surface area contributed by atoms with Crippen molar-refractivity contribution in [1.82, 2.24) is 9.88 Å². The number of aryl methyl sites for hydroxylation is 1. The Morgan fingerprint density at radius 1 is 1.09 bits per heavy atom. The van der Waals surface area contributed by atoms with Crippen LogP contribution < -0.4 is 0 Å². The molecule has 1 amide bonds. The van der Waals surface area contributed by atoms with E-state index in [-0.39, 0.29) is 29.8 Å². The number of ether oxygens (including phenoxy) is 2. The number of hydrogen-bond donors (Lipinski definition) is 1. The van der Waals surface area contributed by atoms with Gasteiger partial charge >= 0.3 is 11.9 Å². The molecule has 0 aliphatic carbocycles. The fourth-order valence-corrected chi connectivity index (χ4v) is 4.86. The zero-order chi connectivity index (χ0) is 24.8. The number of aromatic amines is 1. The maximum Gasteiger partial charge on any atom is 0.340 e. The zero-order valence-corrected chi connectivity index (χ0v) is 20.8. The van der Waals surface area contributed by atoms with Crippen LogP contribution in [0, 0.1) is 19.8 Å². The Kier molecular flexibility index (Phi) is 8.53. The number of nitrogens with zero attached hydrogens (tertiary/aromatic N) is 1. The topological polar surface area (TPSA) is 88.7 Å². The molecule has 0 spiro atoms. The third-order valence-electron chi connectivity index (χ3n) is 6.51. The highest BCUT2D eigenvalue weighted by Crippen LogP contribution is 2.36. The smallest absolute Gasteiger partial charge is 0.340 e. The van der Waals surface area contributed by atoms with E-state index in [9.17, 15) is 14.4 Å². The number of amides is 1. The molecule has 2 aromatic rings. The first-order chi connectivity index (χ1) is 16.2. The number of hydrogen-bond acceptors (Lipinski definition) is 5. The molecular weight excluding hydrogens is 432 g/mol. The summed E-state index contributed by atoms with van der Waals surface area (Å²) in [6.07, 6.45) is 1.70. The molecule has 1 aliphatic rings. The van der Waals surface area contributed by atoms with Gasteiger partial charge < -0.3 is 19.4 Å². The predicted octanol–water partition coefficient (Wildman–Crippen LogP) is 4.79. The number of esters is 2. The van der Waals surface area contributed by atoms with Crippen molar-refractivity contribution in [3.63, 3.8) is 0 Å². The van der Waals surface area contributed by atoms with Gasteiger partial charge in [-0.3, -0.25) is 9.59 Å². The Hall–Kier alpha value is -3.09. The maximum atomic E-state index is 13.3. The highest BCUT2D eigenvalue weighted by atomic mass is 16.5. The van der Waals surface area contributed by atoms with Crippen molar-refractivity contribution in [2.75, 3.05) is 19.7 Å². The largest absolute Gasteiger partial charge is 0.466 e. The third kappa shape index (κ3) is 5.88. The van der Waals surface area contributed by atoms with E-state index in [4.69, 9.17) is 9.47 Å². The lowest BCUT2D eigenvalue weighted by molar-refractivity contribution is -0.144. The van der Waals surface area contributed by atoms with E-state index in [1.165, 1.54) is 0 Å². The van der Waals surface area contributed by atoms with Crippen LogP contribution in [-0.4, -0.2) is 53.5 Å². The number of piperidine rings is 1. The number of likely N-dealkylation sites (tertiary alicyclic amines) is 1. The lowest BCUT2D eigenvalue weighted by Gasteiger charge is -2.36. The molecule has 7 heteroatoms. The average Bonchev–Trinajstić information content (AvgIpc) is 3.11. The highest BCUT2D eigenvalue weighted by Gasteiger charge is 2.33. The molecule has 0 radical (unpaired) electrons. The zero-order valence-electron chi connectivity index (χ0n) is 20.8. The van der Waals surface area contributed by atoms with E-state index in [2.05, 4.69) is 17.1 Å². The summed E-state index contributed by atoms with van der Waals surface area (Å²) in [5.74, 6) is -0.371. The fraction of sp³-hybridized carbons (Fsp3) is 0.519. The number of rotatable bonds is 8. The van der Waals surface area contributed by atoms with Gasteiger partial charge in [-0.15, -0.1) is 0 Å². The first-order valence-corrected chi connectivity index (χ1v) is 12.1. The molecule has 184 valence electrons. The molecule has 1 aliphatic heterocycles. The molecule has 2 heterocycles. The summed E-state index contributed by atoms with van der Waals surface area (Å²) < 4.78 is 10.6. The number of nitrogens with one attached hydrogen (secondary N) is 1. The average molecular weight is 469 g/mol. The summed E-state index contributed by atoms with van der Waals surface area (Å²) in [5, 5.41) is 0. The quantitative estimate of drug-likeness (QED) is 0.563. The summed E-state index contributed by atoms with van der Waals surface area (Å²) in [5.41, 5.74) is 3.27. The second-order valence-electron chi connectivity index (χ2n) is 9.24. The van der Waals surface area contributed by atoms with Crippen molar-refractivity contribution >= 4 is 17.8 Å². The Labute approximate surface area is 201 Å². The van der Waals surface area contributed by atoms with Gasteiger partial charge in [0.25, 0.3) is 5.91 Å². The Morgan fingerprint density at radius 3 is 2.32 bits per heavy atom. The van der Waals surface area contributed by atoms with Crippen molar-refractivity contribution in [2.45, 2.75) is 65.9 Å². The van der Waals surface area contributed by atoms with Gasteiger partial charge in [0.05, 0.1) is 24.7 Å². The van der Waals surface area contributed by atoms with E-state index in [1.807, 2.05) is 30.0 Å². The first-order valence-electron chi connectivity index (χ1n) is 12.1. The summed E-state index contributed by atoms with van der Waals surface area (Å²) in [7, 11) is 0. The Balaban J connectivity index is 1.71. The molecule has 1 saturated heterocycles. The number of carbonyl (C=O) groups is 3. The van der Waals surface area contributed by atoms with Gasteiger partial charge in [0.15, 0.2) is 0 Å². The van der Waals surface area contributed by atoms with E-state index < -0.39 is 5.97 Å². The molecule has 1 unspecified atom stereocenters. The van der Waals surface area contributed by atoms with Gasteiger partial charge in [0.1, 0.15) is 5.69 Å². The van der Waals surface area contributed by atoms with Gasteiger partial charge in [0, 0.05) is 18.8 Å². The van der Waals surface area contributed by atoms with E-state index >= 15 is 0 Å². The van der Waals surface area contributed by atoms with E-state index in [0.717, 1.165) is 18.4 Å². The fourth-order valence-electron chi connectivity index (χ4n) is 4.86. The van der Waals surface area contributed by atoms with Crippen LogP contribution in [0.25, 0.3) is 0 Å². The summed E-state index contributed by atoms with van der Waals surface area (Å²) in [6.45, 7) is 10.6. The van der Waals surface area contributed by atoms with Gasteiger partial charge in [-0.2, -0.15) is 0 Å². The van der Waals surface area contributed by atoms with Crippen molar-refractivity contribution in [3.05, 3.63) is 58.4 Å². The molecule has 1 N–H and O–H groups in total. The number of carbonyl (C=O) groups excluding carboxylic acids is 3. The minimum Gasteiger partial charge on any atom is -0.466 e. The second-order valence-corrected chi connectivity index (χ2v) is 9.24. The highest BCUT2D eigenvalue weighted by molar-refractivity contribution is 6.00. The van der Waals surface area contributed by atoms with Crippen molar-refractivity contribution in [1.29, 1.82) is 0 Å². The van der Waals surface area contributed by atoms with E-state index in [0.29, 0.717) is 48.6 Å². The van der Waals surface area contributed by atoms with E-state index in [1.54, 1.807) is 27.7 Å². The molecule has 1 fully saturated rings. The van der Waals surface area contributed by atoms with Crippen LogP contribution >= 0.6 is 0 Å². The third-order valence-corrected chi connectivity index (χ3v) is 6.51. The van der Waals surface area contributed by atoms with Crippen molar-refractivity contribution in [3.8, 4) is 0 Å². The standard InChI is InChI=1S/C27H36N2O5/c1-6-33-23(30)16-22(20-10-8-7-9-11-20)21-12-14-29(15-13-21)26(31)25-18(4)24(19(5)28-25)27(32)34-17(2)3/h7-11,17,21-22,28H,6,12-16H2,1-5H3. The molecule has 3 rings (SSSR count). The van der Waals surface area contributed by atoms with Crippen LogP contribution in [0.4, 0.5) is 0 Å². The SMILES string of the molecule is CCOC(=O)CC(c1ccccc1)C1CCN(C(=O)c2[nH]c(C)c(C(=O)OC(C)C)c2C)CC1. The summed E-state index contributed by atoms with van der Waals surface area (Å²) >= 11 is 0. The van der Waals surface area contributed by atoms with Gasteiger partial charge in [0.2, 0.25) is 0 Å². The minimum atomic E-state index is -0.413. The van der Waals surface area contributed by atoms with Gasteiger partial charge in [-0.25, -0.2) is 4.79 Å². The second kappa shape index (κ2) is 11.4. The normalized spacial score (nSPS) is 15.3. The lowest BCUT2D eigenvalue weighted by Crippen LogP contribution is -2.40. The maximum absolute atomic E-state index is 13.3. The van der Waals surface area contributed by atoms with Crippen LogP contribution in [0.3, 0.4) is 0 Å². The molecule has 1 aromatic heterocycles. The van der Waals surface area contributed by atoms with Crippen LogP contribution in [0.5, 0.6) is 0 Å². The molecule has 0 saturated carbocycles. The van der Waals surface area contributed by atoms with Crippen molar-refractivity contribution in [2.24, 2.45) is 5.92 Å². The first kappa shape index (κ1) is 25.5. The van der Waals surface area contributed by atoms with Crippen molar-refractivity contribution < 1.29 is 23.9 Å². The van der Waals surface area contributed by atoms with Crippen LogP contribution in [0.2, 0.25) is 0 Å². The van der Waals surface area contributed by atoms with Gasteiger partial charge in [-0.05, 0) is 70.4 Å². The van der Waals surface area contributed by atoms with Crippen LogP contribution in [0.1, 0.15) is 83.6 Å². The Morgan fingerprint density at radius 2 is 1.74 bits per heavy atom. The molecule has 1 atom stereocenters. The molecule has 0 bridgehead atoms. The number of benzene rings is 1. The molecule has 1 aromatic carbocycles. The van der Waals surface area contributed by atoms with Gasteiger partial charge in [-0.1, -0.05) is 30.3 Å². The number of aromatic nitrogens is 1. The predicted molar refractivity (Wildman–Crippen MR) is 130 cm³/mol.